The highest BCUT2D eigenvalue weighted by Crippen LogP contribution is 2.26. The average Bonchev–Trinajstić information content (AvgIpc) is 3.39. The van der Waals surface area contributed by atoms with Crippen molar-refractivity contribution in [1.82, 2.24) is 31.1 Å². The van der Waals surface area contributed by atoms with Gasteiger partial charge in [-0.05, 0) is 83.4 Å². The molecule has 428 valence electrons. The van der Waals surface area contributed by atoms with Crippen LogP contribution in [0.3, 0.4) is 0 Å². The van der Waals surface area contributed by atoms with Crippen LogP contribution >= 0.6 is 0 Å². The van der Waals surface area contributed by atoms with Crippen LogP contribution in [0.5, 0.6) is 0 Å². The Morgan fingerprint density at radius 3 is 2.04 bits per heavy atom. The highest BCUT2D eigenvalue weighted by Gasteiger charge is 2.37. The molecule has 0 spiro atoms. The molecule has 1 aliphatic rings. The Morgan fingerprint density at radius 2 is 1.45 bits per heavy atom. The topological polar surface area (TPSA) is 273 Å². The molecule has 9 atom stereocenters. The molecule has 0 radical (unpaired) electrons. The van der Waals surface area contributed by atoms with Gasteiger partial charge < -0.3 is 65.2 Å². The molecule has 2 rings (SSSR count). The van der Waals surface area contributed by atoms with E-state index in [0.29, 0.717) is 64.6 Å². The predicted molar refractivity (Wildman–Crippen MR) is 286 cm³/mol. The first-order valence-corrected chi connectivity index (χ1v) is 26.6. The monoisotopic (exact) mass is 1070 g/mol. The van der Waals surface area contributed by atoms with Gasteiger partial charge in [0.05, 0.1) is 33.0 Å². The summed E-state index contributed by atoms with van der Waals surface area (Å²) in [4.78, 5) is 114. The van der Waals surface area contributed by atoms with Gasteiger partial charge in [0.15, 0.2) is 6.10 Å². The van der Waals surface area contributed by atoms with Gasteiger partial charge >= 0.3 is 18.0 Å². The molecule has 1 aromatic carbocycles. The Morgan fingerprint density at radius 1 is 0.842 bits per heavy atom. The van der Waals surface area contributed by atoms with E-state index in [4.69, 9.17) is 34.2 Å². The summed E-state index contributed by atoms with van der Waals surface area (Å²) in [5.41, 5.74) is 6.86. The molecule has 0 fully saturated rings. The summed E-state index contributed by atoms with van der Waals surface area (Å²) in [6.45, 7) is 19.7. The van der Waals surface area contributed by atoms with Crippen LogP contribution in [-0.2, 0) is 68.4 Å². The summed E-state index contributed by atoms with van der Waals surface area (Å²) in [6.07, 6.45) is 0.886. The average molecular weight is 1070 g/mol. The number of cyclic esters (lactones) is 2. The van der Waals surface area contributed by atoms with Gasteiger partial charge in [-0.15, -0.1) is 0 Å². The number of allylic oxidation sites excluding steroid dienone is 1. The zero-order valence-electron chi connectivity index (χ0n) is 47.1. The van der Waals surface area contributed by atoms with E-state index in [9.17, 15) is 38.4 Å². The van der Waals surface area contributed by atoms with Crippen molar-refractivity contribution in [3.05, 3.63) is 59.2 Å². The van der Waals surface area contributed by atoms with Crippen molar-refractivity contribution in [2.45, 2.75) is 150 Å². The molecule has 1 heterocycles. The molecule has 0 aromatic heterocycles. The number of hydrogen-bond donors (Lipinski definition) is 5. The molecule has 2 unspecified atom stereocenters. The molecule has 1 aromatic rings. The number of carbonyl (C=O) groups excluding carboxylic acids is 8. The van der Waals surface area contributed by atoms with Gasteiger partial charge in [-0.3, -0.25) is 24.0 Å². The lowest BCUT2D eigenvalue weighted by Crippen LogP contribution is -2.57. The Kier molecular flexibility index (Phi) is 30.9. The van der Waals surface area contributed by atoms with Crippen LogP contribution in [0, 0.1) is 17.8 Å². The summed E-state index contributed by atoms with van der Waals surface area (Å²) in [7, 11) is 2.83. The van der Waals surface area contributed by atoms with Crippen molar-refractivity contribution in [3.8, 4) is 0 Å². The van der Waals surface area contributed by atoms with Gasteiger partial charge in [-0.25, -0.2) is 14.4 Å². The van der Waals surface area contributed by atoms with Crippen LogP contribution in [-0.4, -0.2) is 173 Å². The minimum absolute atomic E-state index is 0.0595. The first-order chi connectivity index (χ1) is 36.1. The maximum absolute atomic E-state index is 14.3. The van der Waals surface area contributed by atoms with E-state index >= 15 is 0 Å². The number of ether oxygens (including phenoxy) is 6. The van der Waals surface area contributed by atoms with Crippen LogP contribution in [0.25, 0.3) is 0 Å². The molecule has 0 saturated heterocycles. The number of hydrogen-bond acceptors (Lipinski definition) is 15. The number of amides is 6. The molecule has 76 heavy (non-hydrogen) atoms. The smallest absolute Gasteiger partial charge is 0.407 e. The molecule has 0 aliphatic carbocycles. The van der Waals surface area contributed by atoms with Crippen molar-refractivity contribution in [2.75, 3.05) is 73.4 Å². The lowest BCUT2D eigenvalue weighted by Gasteiger charge is -2.33. The summed E-state index contributed by atoms with van der Waals surface area (Å²) in [5.74, 6) is -6.26. The van der Waals surface area contributed by atoms with Gasteiger partial charge in [0.2, 0.25) is 23.6 Å². The molecule has 21 heteroatoms. The molecule has 0 saturated carbocycles. The second-order valence-corrected chi connectivity index (χ2v) is 19.8. The maximum atomic E-state index is 14.3. The number of nitrogens with two attached hydrogens (primary N) is 1. The lowest BCUT2D eigenvalue weighted by atomic mass is 9.90. The van der Waals surface area contributed by atoms with Gasteiger partial charge in [-0.2, -0.15) is 0 Å². The highest BCUT2D eigenvalue weighted by atomic mass is 16.6. The zero-order chi connectivity index (χ0) is 56.9. The van der Waals surface area contributed by atoms with E-state index in [1.807, 2.05) is 26.8 Å². The third-order valence-corrected chi connectivity index (χ3v) is 13.0. The van der Waals surface area contributed by atoms with Crippen LogP contribution in [0.4, 0.5) is 4.79 Å². The number of nitrogens with one attached hydrogen (secondary N) is 4. The molecule has 0 bridgehead atoms. The van der Waals surface area contributed by atoms with E-state index in [1.165, 1.54) is 45.8 Å². The minimum atomic E-state index is -1.33. The standard InChI is InChI=1S/C55H89N7O14/c1-13-36(5)47-50(65)59-41(10)54(69)76-48(37(6)14-2)39(8)44(75-55(70)57-25-19-27-72-29-31-73-30-28-71-26-18-24-56)23-22-38(7)53(68)74-45(32-35(3)4)49(64)58-40(9)51(66)62(12)43(33-42-20-16-15-17-21-42)52(67)61(11)34-46(63)60-47/h14-17,20-22,35-36,39-41,43-45,47-48H,13,18-19,23-34,56H2,1-12H3,(H,57,70)(H,58,64)(H,59,65)(H,60,63)/b37-14+,38-22+/t36?,39-,40-,41+,43+,44-,45+,47?,48+/m0/s1. The van der Waals surface area contributed by atoms with E-state index in [-0.39, 0.29) is 37.3 Å². The van der Waals surface area contributed by atoms with Crippen LogP contribution in [0.15, 0.2) is 53.6 Å². The van der Waals surface area contributed by atoms with Crippen LogP contribution < -0.4 is 27.0 Å². The third-order valence-electron chi connectivity index (χ3n) is 13.0. The van der Waals surface area contributed by atoms with Gasteiger partial charge in [0.25, 0.3) is 5.91 Å². The molecule has 6 amide bonds. The summed E-state index contributed by atoms with van der Waals surface area (Å²) < 4.78 is 34.4. The van der Waals surface area contributed by atoms with Gasteiger partial charge in [0, 0.05) is 58.2 Å². The minimum Gasteiger partial charge on any atom is -0.456 e. The Balaban J connectivity index is 2.54. The first-order valence-electron chi connectivity index (χ1n) is 26.6. The van der Waals surface area contributed by atoms with Gasteiger partial charge in [-0.1, -0.05) is 83.5 Å². The first kappa shape index (κ1) is 66.2. The number of carbonyl (C=O) groups is 8. The number of rotatable bonds is 21. The fourth-order valence-electron chi connectivity index (χ4n) is 7.96. The van der Waals surface area contributed by atoms with Gasteiger partial charge in [0.1, 0.15) is 36.4 Å². The molecular formula is C55H89N7O14. The number of likely N-dealkylation sites (N-methyl/N-ethyl adjacent to an activating group) is 2. The normalized spacial score (nSPS) is 24.9. The largest absolute Gasteiger partial charge is 0.456 e. The van der Waals surface area contributed by atoms with Crippen molar-refractivity contribution in [2.24, 2.45) is 23.5 Å². The Bertz CT molecular complexity index is 2070. The summed E-state index contributed by atoms with van der Waals surface area (Å²) in [5, 5.41) is 10.8. The SMILES string of the molecule is C/C=C(\C)[C@H]1OC(=O)[C@@H](C)NC(=O)C(C(C)CC)NC(=O)CN(C)C(=O)[C@@H](Cc2ccccc2)N(C)C(=O)[C@H](C)NC(=O)[C@@H](CC(C)C)OC(=O)/C(C)=C/C[C@H](OC(=O)NCCCOCCOCCOCCCN)[C@@H]1C. The number of nitrogens with zero attached hydrogens (tertiary/aromatic N) is 2. The fourth-order valence-corrected chi connectivity index (χ4v) is 7.96. The predicted octanol–water partition coefficient (Wildman–Crippen LogP) is 3.76. The Labute approximate surface area is 450 Å². The number of benzene rings is 1. The fraction of sp³-hybridized carbons (Fsp3) is 0.673. The van der Waals surface area contributed by atoms with Crippen molar-refractivity contribution >= 4 is 47.6 Å². The Hall–Kier alpha value is -5.90. The second kappa shape index (κ2) is 35.4. The quantitative estimate of drug-likeness (QED) is 0.0508. The number of alkyl carbamates (subject to hydrolysis) is 1. The van der Waals surface area contributed by atoms with Crippen molar-refractivity contribution < 1.29 is 66.8 Å². The zero-order valence-corrected chi connectivity index (χ0v) is 47.1. The van der Waals surface area contributed by atoms with E-state index in [0.717, 1.165) is 16.9 Å². The summed E-state index contributed by atoms with van der Waals surface area (Å²) in [6, 6.07) is 4.29. The molecule has 21 nitrogen and oxygen atoms in total. The van der Waals surface area contributed by atoms with Crippen molar-refractivity contribution in [3.63, 3.8) is 0 Å². The molecule has 1 aliphatic heterocycles. The molecular weight excluding hydrogens is 983 g/mol. The highest BCUT2D eigenvalue weighted by molar-refractivity contribution is 5.96. The maximum Gasteiger partial charge on any atom is 0.407 e. The van der Waals surface area contributed by atoms with Crippen molar-refractivity contribution in [1.29, 1.82) is 0 Å². The van der Waals surface area contributed by atoms with Crippen LogP contribution in [0.2, 0.25) is 0 Å². The summed E-state index contributed by atoms with van der Waals surface area (Å²) >= 11 is 0. The second-order valence-electron chi connectivity index (χ2n) is 19.8. The lowest BCUT2D eigenvalue weighted by molar-refractivity contribution is -0.155. The van der Waals surface area contributed by atoms with E-state index in [2.05, 4.69) is 21.3 Å². The van der Waals surface area contributed by atoms with E-state index < -0.39 is 108 Å². The third kappa shape index (κ3) is 23.6. The van der Waals surface area contributed by atoms with E-state index in [1.54, 1.807) is 58.0 Å². The number of esters is 2. The van der Waals surface area contributed by atoms with Crippen LogP contribution in [0.1, 0.15) is 107 Å². The molecule has 6 N–H and O–H groups in total.